The maximum Gasteiger partial charge on any atom is 0.248 e. The Kier molecular flexibility index (Phi) is 4.08. The van der Waals surface area contributed by atoms with E-state index in [-0.39, 0.29) is 0 Å². The van der Waals surface area contributed by atoms with Gasteiger partial charge in [-0.1, -0.05) is 0 Å². The zero-order chi connectivity index (χ0) is 13.1. The summed E-state index contributed by atoms with van der Waals surface area (Å²) in [7, 11) is -3.61. The van der Waals surface area contributed by atoms with Crippen molar-refractivity contribution in [2.24, 2.45) is 5.73 Å². The van der Waals surface area contributed by atoms with Crippen LogP contribution in [-0.2, 0) is 10.0 Å². The first-order chi connectivity index (χ1) is 7.86. The van der Waals surface area contributed by atoms with E-state index >= 15 is 0 Å². The monoisotopic (exact) mass is 258 g/mol. The Bertz CT molecular complexity index is 496. The molecule has 0 aliphatic rings. The van der Waals surface area contributed by atoms with Gasteiger partial charge in [-0.15, -0.1) is 0 Å². The van der Waals surface area contributed by atoms with E-state index in [2.05, 4.69) is 4.72 Å². The summed E-state index contributed by atoms with van der Waals surface area (Å²) in [4.78, 5) is 10.8. The van der Waals surface area contributed by atoms with Crippen molar-refractivity contribution in [2.75, 3.05) is 11.3 Å². The van der Waals surface area contributed by atoms with Gasteiger partial charge in [0.1, 0.15) is 5.25 Å². The average Bonchev–Trinajstić information content (AvgIpc) is 2.28. The molecule has 4 N–H and O–H groups in total. The molecule has 1 amide bonds. The number of primary amides is 1. The van der Waals surface area contributed by atoms with Gasteiger partial charge >= 0.3 is 0 Å². The Morgan fingerprint density at radius 3 is 2.35 bits per heavy atom. The van der Waals surface area contributed by atoms with Crippen molar-refractivity contribution in [2.45, 2.75) is 12.2 Å². The molecule has 0 aliphatic carbocycles. The van der Waals surface area contributed by atoms with Crippen molar-refractivity contribution in [1.29, 1.82) is 0 Å². The zero-order valence-electron chi connectivity index (χ0n) is 9.25. The number of carbonyl (C=O) groups is 1. The predicted octanol–water partition coefficient (Wildman–Crippen LogP) is -0.0920. The lowest BCUT2D eigenvalue weighted by molar-refractivity contribution is 0.100. The summed E-state index contributed by atoms with van der Waals surface area (Å²) in [5, 5.41) is 7.88. The molecule has 0 heterocycles. The van der Waals surface area contributed by atoms with Gasteiger partial charge in [0.25, 0.3) is 0 Å². The first-order valence-corrected chi connectivity index (χ1v) is 6.44. The summed E-state index contributed by atoms with van der Waals surface area (Å²) in [6, 6.07) is 5.71. The SMILES string of the molecule is C[C@H](CO)S(=O)(=O)Nc1ccc(C(N)=O)cc1. The van der Waals surface area contributed by atoms with Gasteiger partial charge in [-0.25, -0.2) is 8.42 Å². The highest BCUT2D eigenvalue weighted by Crippen LogP contribution is 2.13. The van der Waals surface area contributed by atoms with Crippen molar-refractivity contribution < 1.29 is 18.3 Å². The van der Waals surface area contributed by atoms with Gasteiger partial charge < -0.3 is 10.8 Å². The van der Waals surface area contributed by atoms with Crippen LogP contribution in [0, 0.1) is 0 Å². The van der Waals surface area contributed by atoms with E-state index in [9.17, 15) is 13.2 Å². The van der Waals surface area contributed by atoms with Crippen molar-refractivity contribution >= 4 is 21.6 Å². The van der Waals surface area contributed by atoms with E-state index in [1.165, 1.54) is 31.2 Å². The van der Waals surface area contributed by atoms with Gasteiger partial charge in [0.15, 0.2) is 0 Å². The molecule has 1 aromatic carbocycles. The number of nitrogens with two attached hydrogens (primary N) is 1. The third kappa shape index (κ3) is 3.43. The topological polar surface area (TPSA) is 109 Å². The van der Waals surface area contributed by atoms with E-state index in [4.69, 9.17) is 10.8 Å². The summed E-state index contributed by atoms with van der Waals surface area (Å²) >= 11 is 0. The molecule has 1 atom stereocenters. The Balaban J connectivity index is 2.86. The van der Waals surface area contributed by atoms with Crippen LogP contribution in [-0.4, -0.2) is 31.3 Å². The fraction of sp³-hybridized carbons (Fsp3) is 0.300. The highest BCUT2D eigenvalue weighted by molar-refractivity contribution is 7.93. The Morgan fingerprint density at radius 2 is 1.94 bits per heavy atom. The fourth-order valence-corrected chi connectivity index (χ4v) is 1.93. The van der Waals surface area contributed by atoms with Crippen LogP contribution in [0.5, 0.6) is 0 Å². The summed E-state index contributed by atoms with van der Waals surface area (Å²) in [6.45, 7) is 0.925. The number of hydrogen-bond donors (Lipinski definition) is 3. The highest BCUT2D eigenvalue weighted by Gasteiger charge is 2.19. The lowest BCUT2D eigenvalue weighted by Crippen LogP contribution is -2.28. The summed E-state index contributed by atoms with van der Waals surface area (Å²) in [5.41, 5.74) is 5.66. The third-order valence-corrected chi connectivity index (χ3v) is 3.95. The Morgan fingerprint density at radius 1 is 1.41 bits per heavy atom. The average molecular weight is 258 g/mol. The van der Waals surface area contributed by atoms with E-state index in [1.54, 1.807) is 0 Å². The van der Waals surface area contributed by atoms with Crippen LogP contribution < -0.4 is 10.5 Å². The van der Waals surface area contributed by atoms with E-state index in [1.807, 2.05) is 0 Å². The molecular weight excluding hydrogens is 244 g/mol. The standard InChI is InChI=1S/C10H14N2O4S/c1-7(6-13)17(15,16)12-9-4-2-8(3-5-9)10(11)14/h2-5,7,12-13H,6H2,1H3,(H2,11,14)/t7-/m1/s1. The Hall–Kier alpha value is -1.60. The van der Waals surface area contributed by atoms with Crippen molar-refractivity contribution in [1.82, 2.24) is 0 Å². The normalized spacial score (nSPS) is 13.1. The van der Waals surface area contributed by atoms with Gasteiger partial charge in [0.2, 0.25) is 15.9 Å². The molecule has 0 unspecified atom stereocenters. The molecule has 0 aliphatic heterocycles. The van der Waals surface area contributed by atoms with E-state index in [0.29, 0.717) is 11.3 Å². The molecule has 0 spiro atoms. The number of aliphatic hydroxyl groups excluding tert-OH is 1. The quantitative estimate of drug-likeness (QED) is 0.685. The van der Waals surface area contributed by atoms with Gasteiger partial charge in [-0.05, 0) is 31.2 Å². The van der Waals surface area contributed by atoms with E-state index in [0.717, 1.165) is 0 Å². The summed E-state index contributed by atoms with van der Waals surface area (Å²) in [6.07, 6.45) is 0. The minimum absolute atomic E-state index is 0.295. The van der Waals surface area contributed by atoms with E-state index < -0.39 is 27.8 Å². The van der Waals surface area contributed by atoms with Gasteiger partial charge in [-0.2, -0.15) is 0 Å². The van der Waals surface area contributed by atoms with Crippen LogP contribution in [0.15, 0.2) is 24.3 Å². The lowest BCUT2D eigenvalue weighted by atomic mass is 10.2. The van der Waals surface area contributed by atoms with Crippen LogP contribution in [0.3, 0.4) is 0 Å². The highest BCUT2D eigenvalue weighted by atomic mass is 32.2. The second-order valence-electron chi connectivity index (χ2n) is 3.58. The zero-order valence-corrected chi connectivity index (χ0v) is 10.1. The smallest absolute Gasteiger partial charge is 0.248 e. The molecular formula is C10H14N2O4S. The second kappa shape index (κ2) is 5.15. The largest absolute Gasteiger partial charge is 0.395 e. The number of hydrogen-bond acceptors (Lipinski definition) is 4. The Labute approximate surface area is 99.5 Å². The first kappa shape index (κ1) is 13.5. The molecule has 0 bridgehead atoms. The first-order valence-electron chi connectivity index (χ1n) is 4.89. The second-order valence-corrected chi connectivity index (χ2v) is 5.68. The molecule has 6 nitrogen and oxygen atoms in total. The molecule has 0 radical (unpaired) electrons. The molecule has 1 rings (SSSR count). The number of anilines is 1. The molecule has 17 heavy (non-hydrogen) atoms. The van der Waals surface area contributed by atoms with Crippen molar-refractivity contribution in [3.05, 3.63) is 29.8 Å². The molecule has 0 aromatic heterocycles. The lowest BCUT2D eigenvalue weighted by Gasteiger charge is -2.12. The molecule has 0 saturated carbocycles. The van der Waals surface area contributed by atoms with Crippen LogP contribution in [0.4, 0.5) is 5.69 Å². The van der Waals surface area contributed by atoms with Gasteiger partial charge in [0, 0.05) is 11.3 Å². The molecule has 0 saturated heterocycles. The number of rotatable bonds is 5. The van der Waals surface area contributed by atoms with Crippen LogP contribution >= 0.6 is 0 Å². The van der Waals surface area contributed by atoms with Crippen LogP contribution in [0.25, 0.3) is 0 Å². The predicted molar refractivity (Wildman–Crippen MR) is 64.1 cm³/mol. The number of nitrogens with one attached hydrogen (secondary N) is 1. The molecule has 1 aromatic rings. The number of benzene rings is 1. The third-order valence-electron chi connectivity index (χ3n) is 2.22. The maximum absolute atomic E-state index is 11.6. The van der Waals surface area contributed by atoms with Crippen molar-refractivity contribution in [3.63, 3.8) is 0 Å². The minimum Gasteiger partial charge on any atom is -0.395 e. The minimum atomic E-state index is -3.61. The summed E-state index contributed by atoms with van der Waals surface area (Å²) in [5.74, 6) is -0.580. The number of carbonyl (C=O) groups excluding carboxylic acids is 1. The van der Waals surface area contributed by atoms with Crippen LogP contribution in [0.2, 0.25) is 0 Å². The number of aliphatic hydroxyl groups is 1. The number of amides is 1. The molecule has 7 heteroatoms. The molecule has 94 valence electrons. The molecule has 0 fully saturated rings. The van der Waals surface area contributed by atoms with Gasteiger partial charge in [0.05, 0.1) is 6.61 Å². The number of sulfonamides is 1. The van der Waals surface area contributed by atoms with Crippen molar-refractivity contribution in [3.8, 4) is 0 Å². The maximum atomic E-state index is 11.6. The van der Waals surface area contributed by atoms with Crippen LogP contribution in [0.1, 0.15) is 17.3 Å². The summed E-state index contributed by atoms with van der Waals surface area (Å²) < 4.78 is 25.5. The fourth-order valence-electron chi connectivity index (χ4n) is 1.07. The van der Waals surface area contributed by atoms with Gasteiger partial charge in [-0.3, -0.25) is 9.52 Å².